The van der Waals surface area contributed by atoms with Crippen LogP contribution in [-0.4, -0.2) is 52.9 Å². The number of ether oxygens (including phenoxy) is 2. The molecule has 1 amide bonds. The molecule has 1 aliphatic heterocycles. The van der Waals surface area contributed by atoms with E-state index < -0.39 is 17.2 Å². The number of halogens is 2. The Morgan fingerprint density at radius 3 is 2.58 bits per heavy atom. The molecule has 2 atom stereocenters. The minimum absolute atomic E-state index is 0.0578. The van der Waals surface area contributed by atoms with E-state index in [1.807, 2.05) is 0 Å². The summed E-state index contributed by atoms with van der Waals surface area (Å²) in [6.07, 6.45) is 5.75. The number of aliphatic hydroxyl groups is 2. The second kappa shape index (κ2) is 12.5. The average molecular weight is 562 g/mol. The van der Waals surface area contributed by atoms with Gasteiger partial charge in [0.05, 0.1) is 12.2 Å². The molecular formula is C29H34Cl2N2O5. The quantitative estimate of drug-likeness (QED) is 0.252. The van der Waals surface area contributed by atoms with E-state index in [1.165, 1.54) is 0 Å². The van der Waals surface area contributed by atoms with Gasteiger partial charge in [-0.3, -0.25) is 4.79 Å². The van der Waals surface area contributed by atoms with Crippen molar-refractivity contribution in [2.24, 2.45) is 4.99 Å². The first-order valence-electron chi connectivity index (χ1n) is 13.0. The third kappa shape index (κ3) is 6.34. The van der Waals surface area contributed by atoms with Gasteiger partial charge in [0.1, 0.15) is 5.75 Å². The summed E-state index contributed by atoms with van der Waals surface area (Å²) in [7, 11) is 0. The van der Waals surface area contributed by atoms with E-state index in [2.05, 4.69) is 11.9 Å². The van der Waals surface area contributed by atoms with E-state index in [4.69, 9.17) is 42.8 Å². The van der Waals surface area contributed by atoms with Crippen LogP contribution in [0.15, 0.2) is 60.1 Å². The van der Waals surface area contributed by atoms with Crippen LogP contribution in [0, 0.1) is 0 Å². The highest BCUT2D eigenvalue weighted by Gasteiger charge is 2.53. The van der Waals surface area contributed by atoms with Gasteiger partial charge in [-0.2, -0.15) is 0 Å². The number of amides is 1. The second-order valence-corrected chi connectivity index (χ2v) is 10.8. The Balaban J connectivity index is 1.67. The van der Waals surface area contributed by atoms with E-state index >= 15 is 0 Å². The zero-order valence-corrected chi connectivity index (χ0v) is 22.8. The summed E-state index contributed by atoms with van der Waals surface area (Å²) in [4.78, 5) is 18.8. The number of hydrogen-bond acceptors (Lipinski definition) is 6. The maximum atomic E-state index is 13.9. The maximum absolute atomic E-state index is 13.9. The summed E-state index contributed by atoms with van der Waals surface area (Å²) >= 11 is 12.7. The molecule has 7 nitrogen and oxygen atoms in total. The Labute approximate surface area is 233 Å². The SMILES string of the molecule is C=CC[C@@]1(C(=O)NCC2(O)CCCCC2)N=C(c2ccc(OCCCO)cc2)O[C@@H]1c1ccc(Cl)cc1Cl. The summed E-state index contributed by atoms with van der Waals surface area (Å²) < 4.78 is 12.0. The lowest BCUT2D eigenvalue weighted by Gasteiger charge is -2.35. The minimum atomic E-state index is -1.39. The number of carbonyl (C=O) groups is 1. The maximum Gasteiger partial charge on any atom is 0.252 e. The molecule has 1 aliphatic carbocycles. The van der Waals surface area contributed by atoms with Crippen LogP contribution < -0.4 is 10.1 Å². The fourth-order valence-electron chi connectivity index (χ4n) is 5.01. The normalized spacial score (nSPS) is 22.3. The van der Waals surface area contributed by atoms with Gasteiger partial charge in [0.25, 0.3) is 5.91 Å². The highest BCUT2D eigenvalue weighted by Crippen LogP contribution is 2.45. The van der Waals surface area contributed by atoms with Crippen LogP contribution in [-0.2, 0) is 9.53 Å². The van der Waals surface area contributed by atoms with Crippen molar-refractivity contribution < 1.29 is 24.5 Å². The summed E-state index contributed by atoms with van der Waals surface area (Å²) in [5, 5.41) is 23.8. The van der Waals surface area contributed by atoms with Crippen molar-refractivity contribution in [2.75, 3.05) is 19.8 Å². The lowest BCUT2D eigenvalue weighted by molar-refractivity contribution is -0.130. The largest absolute Gasteiger partial charge is 0.494 e. The Hall–Kier alpha value is -2.58. The number of carbonyl (C=O) groups excluding carboxylic acids is 1. The summed E-state index contributed by atoms with van der Waals surface area (Å²) in [5.41, 5.74) is -1.09. The van der Waals surface area contributed by atoms with E-state index in [9.17, 15) is 9.90 Å². The molecule has 0 radical (unpaired) electrons. The number of aliphatic hydroxyl groups excluding tert-OH is 1. The molecule has 0 bridgehead atoms. The van der Waals surface area contributed by atoms with Gasteiger partial charge < -0.3 is 25.0 Å². The molecule has 0 unspecified atom stereocenters. The number of hydrogen-bond donors (Lipinski definition) is 3. The Morgan fingerprint density at radius 1 is 1.18 bits per heavy atom. The zero-order chi connectivity index (χ0) is 27.2. The van der Waals surface area contributed by atoms with Gasteiger partial charge in [-0.25, -0.2) is 4.99 Å². The molecule has 2 aliphatic rings. The molecule has 0 saturated heterocycles. The van der Waals surface area contributed by atoms with Crippen LogP contribution in [0.25, 0.3) is 0 Å². The average Bonchev–Trinajstić information content (AvgIpc) is 3.29. The standard InChI is InChI=1S/C29H34Cl2N2O5/c1-2-13-29(27(35)32-19-28(36)14-4-3-5-15-28)25(23-12-9-21(30)18-24(23)31)38-26(33-29)20-7-10-22(11-8-20)37-17-6-16-34/h2,7-12,18,25,34,36H,1,3-6,13-17,19H2,(H,32,35)/t25-,29-/m1/s1. The third-order valence-electron chi connectivity index (χ3n) is 7.09. The van der Waals surface area contributed by atoms with Gasteiger partial charge in [0.2, 0.25) is 5.90 Å². The molecule has 0 aromatic heterocycles. The molecule has 38 heavy (non-hydrogen) atoms. The van der Waals surface area contributed by atoms with Gasteiger partial charge in [0.15, 0.2) is 11.6 Å². The fraction of sp³-hybridized carbons (Fsp3) is 0.448. The van der Waals surface area contributed by atoms with Crippen LogP contribution in [0.3, 0.4) is 0 Å². The van der Waals surface area contributed by atoms with Gasteiger partial charge in [-0.1, -0.05) is 54.6 Å². The first kappa shape index (κ1) is 28.4. The predicted molar refractivity (Wildman–Crippen MR) is 149 cm³/mol. The molecule has 4 rings (SSSR count). The molecule has 2 aromatic rings. The second-order valence-electron chi connectivity index (χ2n) is 9.92. The van der Waals surface area contributed by atoms with Crippen LogP contribution in [0.4, 0.5) is 0 Å². The molecule has 1 saturated carbocycles. The van der Waals surface area contributed by atoms with Gasteiger partial charge in [-0.05, 0) is 49.2 Å². The molecule has 1 heterocycles. The van der Waals surface area contributed by atoms with Crippen LogP contribution >= 0.6 is 23.2 Å². The first-order valence-corrected chi connectivity index (χ1v) is 13.7. The van der Waals surface area contributed by atoms with Crippen LogP contribution in [0.2, 0.25) is 10.0 Å². The van der Waals surface area contributed by atoms with Crippen molar-refractivity contribution >= 4 is 35.0 Å². The molecule has 1 fully saturated rings. The van der Waals surface area contributed by atoms with Crippen LogP contribution in [0.1, 0.15) is 62.2 Å². The van der Waals surface area contributed by atoms with Crippen LogP contribution in [0.5, 0.6) is 5.75 Å². The molecule has 2 aromatic carbocycles. The number of benzene rings is 2. The Morgan fingerprint density at radius 2 is 1.92 bits per heavy atom. The van der Waals surface area contributed by atoms with E-state index in [1.54, 1.807) is 48.5 Å². The van der Waals surface area contributed by atoms with Gasteiger partial charge >= 0.3 is 0 Å². The number of nitrogens with one attached hydrogen (secondary N) is 1. The monoisotopic (exact) mass is 560 g/mol. The molecule has 9 heteroatoms. The first-order chi connectivity index (χ1) is 18.3. The lowest BCUT2D eigenvalue weighted by atomic mass is 9.82. The smallest absolute Gasteiger partial charge is 0.252 e. The third-order valence-corrected chi connectivity index (χ3v) is 7.66. The summed E-state index contributed by atoms with van der Waals surface area (Å²) in [6.45, 7) is 4.48. The Bertz CT molecular complexity index is 1160. The molecule has 3 N–H and O–H groups in total. The van der Waals surface area contributed by atoms with Crippen molar-refractivity contribution in [3.63, 3.8) is 0 Å². The van der Waals surface area contributed by atoms with Gasteiger partial charge in [-0.15, -0.1) is 6.58 Å². The molecular weight excluding hydrogens is 527 g/mol. The predicted octanol–water partition coefficient (Wildman–Crippen LogP) is 5.40. The van der Waals surface area contributed by atoms with Gasteiger partial charge in [0, 0.05) is 47.2 Å². The van der Waals surface area contributed by atoms with Crippen molar-refractivity contribution in [2.45, 2.75) is 62.2 Å². The molecule has 204 valence electrons. The molecule has 0 spiro atoms. The summed E-state index contributed by atoms with van der Waals surface area (Å²) in [5.74, 6) is 0.566. The van der Waals surface area contributed by atoms with Crippen molar-refractivity contribution in [3.8, 4) is 5.75 Å². The minimum Gasteiger partial charge on any atom is -0.494 e. The fourth-order valence-corrected chi connectivity index (χ4v) is 5.52. The zero-order valence-electron chi connectivity index (χ0n) is 21.3. The summed E-state index contributed by atoms with van der Waals surface area (Å²) in [6, 6.07) is 12.2. The van der Waals surface area contributed by atoms with Crippen molar-refractivity contribution in [1.29, 1.82) is 0 Å². The number of aliphatic imine (C=N–C) groups is 1. The van der Waals surface area contributed by atoms with Crippen molar-refractivity contribution in [1.82, 2.24) is 5.32 Å². The highest BCUT2D eigenvalue weighted by atomic mass is 35.5. The number of rotatable bonds is 11. The topological polar surface area (TPSA) is 100 Å². The lowest BCUT2D eigenvalue weighted by Crippen LogP contribution is -2.53. The van der Waals surface area contributed by atoms with E-state index in [0.29, 0.717) is 52.8 Å². The van der Waals surface area contributed by atoms with E-state index in [-0.39, 0.29) is 31.4 Å². The van der Waals surface area contributed by atoms with E-state index in [0.717, 1.165) is 19.3 Å². The van der Waals surface area contributed by atoms with Crippen molar-refractivity contribution in [3.05, 3.63) is 76.3 Å². The number of nitrogens with zero attached hydrogens (tertiary/aromatic N) is 1. The highest BCUT2D eigenvalue weighted by molar-refractivity contribution is 6.35. The Kier molecular flexibility index (Phi) is 9.36.